The van der Waals surface area contributed by atoms with Crippen LogP contribution in [0, 0.1) is 0 Å². The number of nitrogens with one attached hydrogen (secondary N) is 1. The van der Waals surface area contributed by atoms with Gasteiger partial charge in [0.15, 0.2) is 4.34 Å². The van der Waals surface area contributed by atoms with Crippen molar-refractivity contribution >= 4 is 34.1 Å². The summed E-state index contributed by atoms with van der Waals surface area (Å²) in [6, 6.07) is 10.1. The number of carbonyl (C=O) groups is 1. The van der Waals surface area contributed by atoms with Gasteiger partial charge in [-0.05, 0) is 24.8 Å². The average Bonchev–Trinajstić information content (AvgIpc) is 3.24. The van der Waals surface area contributed by atoms with Crippen LogP contribution in [0.25, 0.3) is 0 Å². The Morgan fingerprint density at radius 1 is 1.26 bits per heavy atom. The highest BCUT2D eigenvalue weighted by molar-refractivity contribution is 8.01. The van der Waals surface area contributed by atoms with Gasteiger partial charge in [-0.3, -0.25) is 10.1 Å². The molecule has 0 bridgehead atoms. The highest BCUT2D eigenvalue weighted by Gasteiger charge is 2.42. The molecule has 1 heterocycles. The van der Waals surface area contributed by atoms with E-state index >= 15 is 0 Å². The van der Waals surface area contributed by atoms with Gasteiger partial charge in [-0.25, -0.2) is 0 Å². The number of carbonyl (C=O) groups excluding carboxylic acids is 1. The van der Waals surface area contributed by atoms with Crippen LogP contribution in [-0.2, 0) is 10.2 Å². The van der Waals surface area contributed by atoms with Gasteiger partial charge in [-0.1, -0.05) is 73.2 Å². The lowest BCUT2D eigenvalue weighted by Gasteiger charge is -2.27. The summed E-state index contributed by atoms with van der Waals surface area (Å²) >= 11 is 3.15. The summed E-state index contributed by atoms with van der Waals surface area (Å²) in [5, 5.41) is 11.9. The van der Waals surface area contributed by atoms with Gasteiger partial charge in [0.1, 0.15) is 0 Å². The molecule has 122 valence electrons. The second-order valence-electron chi connectivity index (χ2n) is 5.83. The van der Waals surface area contributed by atoms with Crippen LogP contribution in [0.3, 0.4) is 0 Å². The van der Waals surface area contributed by atoms with Crippen molar-refractivity contribution in [3.63, 3.8) is 0 Å². The number of aromatic nitrogens is 2. The van der Waals surface area contributed by atoms with E-state index in [9.17, 15) is 4.79 Å². The first kappa shape index (κ1) is 16.5. The lowest BCUT2D eigenvalue weighted by atomic mass is 9.78. The van der Waals surface area contributed by atoms with Crippen molar-refractivity contribution in [2.45, 2.75) is 48.8 Å². The number of benzene rings is 1. The average molecular weight is 348 g/mol. The Morgan fingerprint density at radius 3 is 2.70 bits per heavy atom. The summed E-state index contributed by atoms with van der Waals surface area (Å²) in [6.07, 6.45) is 5.09. The Balaban J connectivity index is 1.76. The molecule has 2 aromatic rings. The van der Waals surface area contributed by atoms with Crippen molar-refractivity contribution in [1.29, 1.82) is 0 Å². The molecule has 1 N–H and O–H groups in total. The molecule has 1 aliphatic carbocycles. The third kappa shape index (κ3) is 3.58. The molecule has 1 saturated carbocycles. The van der Waals surface area contributed by atoms with Crippen molar-refractivity contribution in [2.75, 3.05) is 11.1 Å². The van der Waals surface area contributed by atoms with Gasteiger partial charge in [0.05, 0.1) is 5.41 Å². The van der Waals surface area contributed by atoms with Crippen LogP contribution in [0.5, 0.6) is 0 Å². The molecule has 23 heavy (non-hydrogen) atoms. The number of anilines is 1. The van der Waals surface area contributed by atoms with Crippen LogP contribution < -0.4 is 5.32 Å². The lowest BCUT2D eigenvalue weighted by Crippen LogP contribution is -2.37. The standard InChI is InChI=1S/C17H21N3OS2/c1-2-12-22-16-20-19-15(23-16)18-14(21)17(10-6-7-11-17)13-8-4-3-5-9-13/h3-5,8-9H,2,6-7,10-12H2,1H3,(H,18,19,21). The van der Waals surface area contributed by atoms with Gasteiger partial charge in [0, 0.05) is 5.75 Å². The van der Waals surface area contributed by atoms with E-state index in [4.69, 9.17) is 0 Å². The number of thioether (sulfide) groups is 1. The maximum absolute atomic E-state index is 13.0. The van der Waals surface area contributed by atoms with Crippen LogP contribution in [-0.4, -0.2) is 21.9 Å². The molecular weight excluding hydrogens is 326 g/mol. The largest absolute Gasteiger partial charge is 0.300 e. The third-order valence-electron chi connectivity index (χ3n) is 4.27. The molecule has 4 nitrogen and oxygen atoms in total. The molecule has 0 saturated heterocycles. The van der Waals surface area contributed by atoms with E-state index in [0.717, 1.165) is 47.8 Å². The normalized spacial score (nSPS) is 16.4. The first-order valence-electron chi connectivity index (χ1n) is 8.08. The van der Waals surface area contributed by atoms with E-state index in [-0.39, 0.29) is 5.91 Å². The van der Waals surface area contributed by atoms with Gasteiger partial charge in [-0.2, -0.15) is 0 Å². The van der Waals surface area contributed by atoms with Crippen molar-refractivity contribution in [2.24, 2.45) is 0 Å². The van der Waals surface area contributed by atoms with E-state index in [2.05, 4.69) is 34.6 Å². The summed E-state index contributed by atoms with van der Waals surface area (Å²) in [5.41, 5.74) is 0.698. The zero-order chi connectivity index (χ0) is 16.1. The fraction of sp³-hybridized carbons (Fsp3) is 0.471. The number of amides is 1. The molecule has 0 radical (unpaired) electrons. The van der Waals surface area contributed by atoms with E-state index < -0.39 is 5.41 Å². The monoisotopic (exact) mass is 347 g/mol. The zero-order valence-electron chi connectivity index (χ0n) is 13.2. The number of rotatable bonds is 6. The van der Waals surface area contributed by atoms with Crippen LogP contribution in [0.1, 0.15) is 44.6 Å². The molecule has 1 aliphatic rings. The lowest BCUT2D eigenvalue weighted by molar-refractivity contribution is -0.121. The minimum atomic E-state index is -0.413. The van der Waals surface area contributed by atoms with Crippen molar-refractivity contribution in [1.82, 2.24) is 10.2 Å². The smallest absolute Gasteiger partial charge is 0.236 e. The highest BCUT2D eigenvalue weighted by atomic mass is 32.2. The molecular formula is C17H21N3OS2. The van der Waals surface area contributed by atoms with E-state index in [0.29, 0.717) is 5.13 Å². The first-order chi connectivity index (χ1) is 11.2. The molecule has 1 fully saturated rings. The molecule has 0 spiro atoms. The second kappa shape index (κ2) is 7.45. The third-order valence-corrected chi connectivity index (χ3v) is 6.45. The van der Waals surface area contributed by atoms with Crippen LogP contribution in [0.4, 0.5) is 5.13 Å². The maximum atomic E-state index is 13.0. The fourth-order valence-corrected chi connectivity index (χ4v) is 4.78. The fourth-order valence-electron chi connectivity index (χ4n) is 3.11. The summed E-state index contributed by atoms with van der Waals surface area (Å²) < 4.78 is 0.919. The summed E-state index contributed by atoms with van der Waals surface area (Å²) in [7, 11) is 0. The van der Waals surface area contributed by atoms with Gasteiger partial charge in [0.2, 0.25) is 11.0 Å². The van der Waals surface area contributed by atoms with Crippen molar-refractivity contribution in [3.8, 4) is 0 Å². The van der Waals surface area contributed by atoms with Crippen LogP contribution >= 0.6 is 23.1 Å². The predicted octanol–water partition coefficient (Wildman–Crippen LogP) is 4.49. The second-order valence-corrected chi connectivity index (χ2v) is 8.15. The maximum Gasteiger partial charge on any atom is 0.236 e. The topological polar surface area (TPSA) is 54.9 Å². The number of nitrogens with zero attached hydrogens (tertiary/aromatic N) is 2. The molecule has 1 aromatic heterocycles. The SMILES string of the molecule is CCCSc1nnc(NC(=O)C2(c3ccccc3)CCCC2)s1. The van der Waals surface area contributed by atoms with E-state index in [1.54, 1.807) is 11.8 Å². The number of hydrogen-bond donors (Lipinski definition) is 1. The Labute approximate surface area is 145 Å². The van der Waals surface area contributed by atoms with Crippen LogP contribution in [0.2, 0.25) is 0 Å². The Morgan fingerprint density at radius 2 is 2.00 bits per heavy atom. The molecule has 0 aliphatic heterocycles. The molecule has 6 heteroatoms. The van der Waals surface area contributed by atoms with E-state index in [1.807, 2.05) is 18.2 Å². The predicted molar refractivity (Wildman–Crippen MR) is 96.1 cm³/mol. The van der Waals surface area contributed by atoms with Crippen molar-refractivity contribution in [3.05, 3.63) is 35.9 Å². The van der Waals surface area contributed by atoms with Crippen LogP contribution in [0.15, 0.2) is 34.7 Å². The van der Waals surface area contributed by atoms with Crippen molar-refractivity contribution < 1.29 is 4.79 Å². The minimum Gasteiger partial charge on any atom is -0.300 e. The summed E-state index contributed by atoms with van der Waals surface area (Å²) in [4.78, 5) is 13.0. The Kier molecular flexibility index (Phi) is 5.33. The molecule has 0 unspecified atom stereocenters. The molecule has 0 atom stereocenters. The van der Waals surface area contributed by atoms with Gasteiger partial charge in [-0.15, -0.1) is 10.2 Å². The first-order valence-corrected chi connectivity index (χ1v) is 9.88. The quantitative estimate of drug-likeness (QED) is 0.618. The van der Waals surface area contributed by atoms with E-state index in [1.165, 1.54) is 11.3 Å². The zero-order valence-corrected chi connectivity index (χ0v) is 14.9. The Hall–Kier alpha value is -1.40. The number of hydrogen-bond acceptors (Lipinski definition) is 5. The molecule has 1 aromatic carbocycles. The Bertz CT molecular complexity index is 651. The summed E-state index contributed by atoms with van der Waals surface area (Å²) in [6.45, 7) is 2.14. The summed E-state index contributed by atoms with van der Waals surface area (Å²) in [5.74, 6) is 1.08. The molecule has 1 amide bonds. The molecule has 3 rings (SSSR count). The van der Waals surface area contributed by atoms with Gasteiger partial charge < -0.3 is 0 Å². The van der Waals surface area contributed by atoms with Gasteiger partial charge >= 0.3 is 0 Å². The minimum absolute atomic E-state index is 0.0596. The highest BCUT2D eigenvalue weighted by Crippen LogP contribution is 2.42. The van der Waals surface area contributed by atoms with Gasteiger partial charge in [0.25, 0.3) is 0 Å².